The molecule has 9 heteroatoms. The molecular weight excluding hydrogens is 606 g/mol. The molecule has 0 saturated carbocycles. The fourth-order valence-corrected chi connectivity index (χ4v) is 1.38. The third-order valence-corrected chi connectivity index (χ3v) is 2.32. The number of carboxylic acids is 4. The zero-order valence-corrected chi connectivity index (χ0v) is 23.2. The van der Waals surface area contributed by atoms with Crippen LogP contribution in [0.5, 0.6) is 0 Å². The molecule has 0 aliphatic heterocycles. The van der Waals surface area contributed by atoms with Crippen molar-refractivity contribution in [2.75, 3.05) is 0 Å². The second-order valence-electron chi connectivity index (χ2n) is 7.95. The van der Waals surface area contributed by atoms with Crippen LogP contribution >= 0.6 is 0 Å². The van der Waals surface area contributed by atoms with Gasteiger partial charge in [0, 0.05) is 56.3 Å². The summed E-state index contributed by atoms with van der Waals surface area (Å²) in [6, 6.07) is 0. The predicted molar refractivity (Wildman–Crippen MR) is 106 cm³/mol. The largest absolute Gasteiger partial charge is 0.550 e. The van der Waals surface area contributed by atoms with Gasteiger partial charge < -0.3 is 25.2 Å². The zero-order valence-electron chi connectivity index (χ0n) is 19.0. The van der Waals surface area contributed by atoms with E-state index in [1.807, 2.05) is 55.4 Å². The minimum atomic E-state index is -0.963. The molecule has 0 atom stereocenters. The average molecular weight is 646 g/mol. The molecule has 0 unspecified atom stereocenters. The third-order valence-electron chi connectivity index (χ3n) is 2.32. The van der Waals surface area contributed by atoms with E-state index in [1.54, 1.807) is 0 Å². The number of hydrogen-bond acceptors (Lipinski definition) is 5. The maximum atomic E-state index is 9.81. The first-order chi connectivity index (χ1) is 12.5. The summed E-state index contributed by atoms with van der Waals surface area (Å²) in [4.78, 5) is 39.1. The molecule has 8 nitrogen and oxygen atoms in total. The maximum Gasteiger partial charge on any atom is 0.303 e. The average Bonchev–Trinajstić information content (AvgIpc) is 2.32. The summed E-state index contributed by atoms with van der Waals surface area (Å²) in [7, 11) is 0. The van der Waals surface area contributed by atoms with Crippen LogP contribution in [0, 0.1) is 54.8 Å². The Labute approximate surface area is 198 Å². The molecular formula is C20H39O8U-. The first kappa shape index (κ1) is 38.5. The minimum absolute atomic E-state index is 0. The van der Waals surface area contributed by atoms with Crippen LogP contribution in [0.4, 0.5) is 0 Å². The van der Waals surface area contributed by atoms with Crippen molar-refractivity contribution >= 4 is 23.9 Å². The van der Waals surface area contributed by atoms with Crippen LogP contribution in [0.15, 0.2) is 0 Å². The molecule has 0 rings (SSSR count). The maximum absolute atomic E-state index is 9.81. The van der Waals surface area contributed by atoms with Crippen LogP contribution in [-0.2, 0) is 19.2 Å². The van der Waals surface area contributed by atoms with E-state index in [0.717, 1.165) is 0 Å². The van der Waals surface area contributed by atoms with Gasteiger partial charge in [-0.1, -0.05) is 55.4 Å². The Kier molecular flexibility index (Phi) is 33.2. The van der Waals surface area contributed by atoms with Gasteiger partial charge in [0.15, 0.2) is 0 Å². The van der Waals surface area contributed by atoms with Gasteiger partial charge in [0.1, 0.15) is 0 Å². The number of rotatable bonds is 8. The molecule has 0 saturated heterocycles. The normalized spacial score (nSPS) is 9.24. The van der Waals surface area contributed by atoms with E-state index in [9.17, 15) is 24.3 Å². The summed E-state index contributed by atoms with van der Waals surface area (Å²) in [6.07, 6.45) is 1.000. The molecule has 0 fully saturated rings. The molecule has 172 valence electrons. The van der Waals surface area contributed by atoms with Crippen LogP contribution in [0.25, 0.3) is 0 Å². The Bertz CT molecular complexity index is 352. The molecule has 0 heterocycles. The third kappa shape index (κ3) is 75.1. The fourth-order valence-electron chi connectivity index (χ4n) is 1.38. The van der Waals surface area contributed by atoms with Crippen molar-refractivity contribution in [1.82, 2.24) is 0 Å². The summed E-state index contributed by atoms with van der Waals surface area (Å²) in [5, 5.41) is 34.0. The molecule has 0 amide bonds. The molecule has 0 bridgehead atoms. The van der Waals surface area contributed by atoms with Crippen molar-refractivity contribution in [3.8, 4) is 0 Å². The van der Waals surface area contributed by atoms with Gasteiger partial charge in [0.25, 0.3) is 0 Å². The smallest absolute Gasteiger partial charge is 0.303 e. The molecule has 0 aromatic heterocycles. The fraction of sp³-hybridized carbons (Fsp3) is 0.800. The van der Waals surface area contributed by atoms with E-state index in [-0.39, 0.29) is 80.5 Å². The molecule has 0 aliphatic carbocycles. The van der Waals surface area contributed by atoms with Gasteiger partial charge in [0.05, 0.1) is 0 Å². The molecule has 29 heavy (non-hydrogen) atoms. The van der Waals surface area contributed by atoms with Gasteiger partial charge >= 0.3 is 17.9 Å². The Hall–Kier alpha value is -1.07. The summed E-state index contributed by atoms with van der Waals surface area (Å²) in [5.74, 6) is -2.06. The van der Waals surface area contributed by atoms with Gasteiger partial charge in [-0.2, -0.15) is 0 Å². The van der Waals surface area contributed by atoms with Gasteiger partial charge in [-0.15, -0.1) is 0 Å². The predicted octanol–water partition coefficient (Wildman–Crippen LogP) is 3.13. The molecule has 0 radical (unpaired) electrons. The van der Waals surface area contributed by atoms with E-state index >= 15 is 0 Å². The van der Waals surface area contributed by atoms with Crippen LogP contribution in [0.3, 0.4) is 0 Å². The zero-order chi connectivity index (χ0) is 23.4. The van der Waals surface area contributed by atoms with Gasteiger partial charge in [-0.3, -0.25) is 14.4 Å². The number of carboxylic acid groups (broad SMARTS) is 4. The second kappa shape index (κ2) is 25.0. The van der Waals surface area contributed by atoms with Crippen LogP contribution in [-0.4, -0.2) is 39.2 Å². The van der Waals surface area contributed by atoms with E-state index in [0.29, 0.717) is 0 Å². The van der Waals surface area contributed by atoms with Crippen LogP contribution in [0.1, 0.15) is 81.1 Å². The van der Waals surface area contributed by atoms with Gasteiger partial charge in [-0.05, 0) is 30.1 Å². The van der Waals surface area contributed by atoms with E-state index in [2.05, 4.69) is 0 Å². The summed E-state index contributed by atoms with van der Waals surface area (Å²) in [5.41, 5.74) is 0. The number of carbonyl (C=O) groups excluding carboxylic acids is 1. The van der Waals surface area contributed by atoms with E-state index in [1.165, 1.54) is 0 Å². The first-order valence-electron chi connectivity index (χ1n) is 9.36. The van der Waals surface area contributed by atoms with Gasteiger partial charge in [-0.25, -0.2) is 0 Å². The number of hydrogen-bond donors (Lipinski definition) is 3. The van der Waals surface area contributed by atoms with Crippen molar-refractivity contribution in [2.45, 2.75) is 81.1 Å². The molecule has 3 N–H and O–H groups in total. The first-order valence-corrected chi connectivity index (χ1v) is 9.36. The molecule has 0 aliphatic rings. The summed E-state index contributed by atoms with van der Waals surface area (Å²) >= 11 is 0. The summed E-state index contributed by atoms with van der Waals surface area (Å²) < 4.78 is 0. The SMILES string of the molecule is CC(C)CC(=O)O.CC(C)CC(=O)O.CC(C)CC(=O)O.CC(C)CC(=O)[O-].[U]. The van der Waals surface area contributed by atoms with Crippen LogP contribution in [0.2, 0.25) is 0 Å². The Morgan fingerprint density at radius 3 is 0.724 bits per heavy atom. The van der Waals surface area contributed by atoms with E-state index < -0.39 is 23.9 Å². The molecule has 0 spiro atoms. The number of aliphatic carboxylic acids is 4. The van der Waals surface area contributed by atoms with Crippen molar-refractivity contribution in [1.29, 1.82) is 0 Å². The van der Waals surface area contributed by atoms with Crippen LogP contribution < -0.4 is 5.11 Å². The quantitative estimate of drug-likeness (QED) is 0.364. The molecule has 0 aromatic carbocycles. The minimum Gasteiger partial charge on any atom is -0.550 e. The monoisotopic (exact) mass is 645 g/mol. The number of carbonyl (C=O) groups is 4. The topological polar surface area (TPSA) is 152 Å². The van der Waals surface area contributed by atoms with Crippen molar-refractivity contribution in [2.24, 2.45) is 23.7 Å². The van der Waals surface area contributed by atoms with Gasteiger partial charge in [0.2, 0.25) is 0 Å². The van der Waals surface area contributed by atoms with Crippen molar-refractivity contribution in [3.63, 3.8) is 0 Å². The van der Waals surface area contributed by atoms with Crippen molar-refractivity contribution in [3.05, 3.63) is 0 Å². The van der Waals surface area contributed by atoms with Crippen molar-refractivity contribution < 1.29 is 70.7 Å². The van der Waals surface area contributed by atoms with E-state index in [4.69, 9.17) is 15.3 Å². The Morgan fingerprint density at radius 2 is 0.724 bits per heavy atom. The Balaban J connectivity index is -0.0000000873. The Morgan fingerprint density at radius 1 is 0.552 bits per heavy atom. The summed E-state index contributed by atoms with van der Waals surface area (Å²) in [6.45, 7) is 15.0. The second-order valence-corrected chi connectivity index (χ2v) is 7.95. The molecule has 0 aromatic rings. The standard InChI is InChI=1S/4C5H10O2.U/c4*1-4(2)3-5(6)7;/h4*4H,3H2,1-2H3,(H,6,7);/p-1.